The summed E-state index contributed by atoms with van der Waals surface area (Å²) >= 11 is 0. The maximum Gasteiger partial charge on any atom is 0.337 e. The first-order chi connectivity index (χ1) is 7.59. The zero-order valence-electron chi connectivity index (χ0n) is 11.5. The summed E-state index contributed by atoms with van der Waals surface area (Å²) in [5.41, 5.74) is -1.79. The van der Waals surface area contributed by atoms with E-state index in [0.29, 0.717) is 12.8 Å². The van der Waals surface area contributed by atoms with Gasteiger partial charge in [-0.05, 0) is 46.3 Å². The van der Waals surface area contributed by atoms with Crippen LogP contribution in [-0.4, -0.2) is 32.8 Å². The van der Waals surface area contributed by atoms with E-state index >= 15 is 0 Å². The summed E-state index contributed by atoms with van der Waals surface area (Å²) in [6.45, 7) is 9.24. The summed E-state index contributed by atoms with van der Waals surface area (Å²) in [6.07, 6.45) is 1.41. The molecular formula is C12H22O4Si. The Bertz CT molecular complexity index is 341. The Labute approximate surface area is 104 Å². The topological polar surface area (TPSA) is 52.6 Å². The van der Waals surface area contributed by atoms with Crippen molar-refractivity contribution in [3.05, 3.63) is 0 Å². The van der Waals surface area contributed by atoms with Crippen LogP contribution < -0.4 is 0 Å². The summed E-state index contributed by atoms with van der Waals surface area (Å²) < 4.78 is 10.9. The maximum absolute atomic E-state index is 12.0. The number of esters is 1. The number of methoxy groups -OCH3 is 1. The van der Waals surface area contributed by atoms with E-state index < -0.39 is 25.3 Å². The lowest BCUT2D eigenvalue weighted by atomic mass is 9.82. The van der Waals surface area contributed by atoms with Crippen molar-refractivity contribution in [1.29, 1.82) is 0 Å². The first kappa shape index (κ1) is 14.4. The van der Waals surface area contributed by atoms with E-state index in [9.17, 15) is 9.59 Å². The molecule has 0 heterocycles. The second kappa shape index (κ2) is 4.21. The molecule has 1 saturated carbocycles. The van der Waals surface area contributed by atoms with Crippen LogP contribution in [0.3, 0.4) is 0 Å². The Morgan fingerprint density at radius 1 is 1.24 bits per heavy atom. The third-order valence-electron chi connectivity index (χ3n) is 3.42. The van der Waals surface area contributed by atoms with Gasteiger partial charge < -0.3 is 9.16 Å². The molecule has 5 heteroatoms. The smallest absolute Gasteiger partial charge is 0.337 e. The molecule has 17 heavy (non-hydrogen) atoms. The standard InChI is InChI=1S/C12H22O4Si/c1-9(13)12(7-8-12)11(2,10(14)15-3)16-17(4,5)6/h7-8H2,1-6H3/t11-/m0/s1. The van der Waals surface area contributed by atoms with E-state index in [1.807, 2.05) is 19.6 Å². The minimum absolute atomic E-state index is 0.0173. The Hall–Kier alpha value is -0.683. The van der Waals surface area contributed by atoms with Crippen LogP contribution in [-0.2, 0) is 18.8 Å². The normalized spacial score (nSPS) is 21.5. The van der Waals surface area contributed by atoms with Gasteiger partial charge in [-0.25, -0.2) is 4.79 Å². The average Bonchev–Trinajstić information content (AvgIpc) is 2.94. The molecule has 0 amide bonds. The molecule has 0 unspecified atom stereocenters. The highest BCUT2D eigenvalue weighted by Gasteiger charge is 2.66. The van der Waals surface area contributed by atoms with Crippen LogP contribution in [0.25, 0.3) is 0 Å². The van der Waals surface area contributed by atoms with Crippen molar-refractivity contribution in [1.82, 2.24) is 0 Å². The van der Waals surface area contributed by atoms with Crippen molar-refractivity contribution in [3.8, 4) is 0 Å². The molecule has 0 spiro atoms. The molecule has 98 valence electrons. The zero-order valence-corrected chi connectivity index (χ0v) is 12.5. The number of rotatable bonds is 5. The van der Waals surface area contributed by atoms with Gasteiger partial charge in [0.25, 0.3) is 0 Å². The average molecular weight is 258 g/mol. The molecule has 1 atom stereocenters. The van der Waals surface area contributed by atoms with Gasteiger partial charge in [0.2, 0.25) is 0 Å². The lowest BCUT2D eigenvalue weighted by Gasteiger charge is -2.39. The zero-order chi connectivity index (χ0) is 13.5. The van der Waals surface area contributed by atoms with Crippen LogP contribution in [0.1, 0.15) is 26.7 Å². The van der Waals surface area contributed by atoms with Crippen molar-refractivity contribution in [2.45, 2.75) is 51.9 Å². The van der Waals surface area contributed by atoms with Gasteiger partial charge in [0.15, 0.2) is 13.9 Å². The van der Waals surface area contributed by atoms with Crippen molar-refractivity contribution < 1.29 is 18.8 Å². The van der Waals surface area contributed by atoms with E-state index in [-0.39, 0.29) is 5.78 Å². The van der Waals surface area contributed by atoms with Crippen molar-refractivity contribution in [2.75, 3.05) is 7.11 Å². The predicted octanol–water partition coefficient (Wildman–Crippen LogP) is 2.14. The number of ether oxygens (including phenoxy) is 1. The molecule has 1 rings (SSSR count). The Kier molecular flexibility index (Phi) is 3.56. The Morgan fingerprint density at radius 3 is 1.94 bits per heavy atom. The molecule has 0 saturated heterocycles. The number of Topliss-reactive ketones (excluding diaryl/α,β-unsaturated/α-hetero) is 1. The number of carbonyl (C=O) groups excluding carboxylic acids is 2. The minimum atomic E-state index is -1.94. The van der Waals surface area contributed by atoms with Gasteiger partial charge in [0.1, 0.15) is 5.78 Å². The van der Waals surface area contributed by atoms with Gasteiger partial charge in [0.05, 0.1) is 12.5 Å². The molecule has 0 aromatic rings. The fourth-order valence-corrected chi connectivity index (χ4v) is 3.94. The van der Waals surface area contributed by atoms with Gasteiger partial charge in [0, 0.05) is 0 Å². The molecule has 0 radical (unpaired) electrons. The van der Waals surface area contributed by atoms with Crippen molar-refractivity contribution >= 4 is 20.1 Å². The minimum Gasteiger partial charge on any atom is -0.467 e. The third-order valence-corrected chi connectivity index (χ3v) is 4.44. The molecule has 0 aromatic heterocycles. The van der Waals surface area contributed by atoms with E-state index in [2.05, 4.69) is 0 Å². The summed E-state index contributed by atoms with van der Waals surface area (Å²) in [5, 5.41) is 0. The fraction of sp³-hybridized carbons (Fsp3) is 0.833. The highest BCUT2D eigenvalue weighted by Crippen LogP contribution is 2.57. The SMILES string of the molecule is COC(=O)[C@](C)(O[Si](C)(C)C)C1(C(C)=O)CC1. The monoisotopic (exact) mass is 258 g/mol. The quantitative estimate of drug-likeness (QED) is 0.560. The van der Waals surface area contributed by atoms with E-state index in [0.717, 1.165) is 0 Å². The van der Waals surface area contributed by atoms with Crippen LogP contribution in [0.15, 0.2) is 0 Å². The van der Waals surface area contributed by atoms with Crippen LogP contribution >= 0.6 is 0 Å². The van der Waals surface area contributed by atoms with Crippen LogP contribution in [0.5, 0.6) is 0 Å². The van der Waals surface area contributed by atoms with Gasteiger partial charge in [-0.2, -0.15) is 0 Å². The van der Waals surface area contributed by atoms with Crippen LogP contribution in [0.4, 0.5) is 0 Å². The molecule has 1 aliphatic carbocycles. The van der Waals surface area contributed by atoms with Gasteiger partial charge >= 0.3 is 5.97 Å². The van der Waals surface area contributed by atoms with Crippen molar-refractivity contribution in [3.63, 3.8) is 0 Å². The van der Waals surface area contributed by atoms with Crippen LogP contribution in [0, 0.1) is 5.41 Å². The second-order valence-electron chi connectivity index (χ2n) is 5.88. The molecule has 4 nitrogen and oxygen atoms in total. The third kappa shape index (κ3) is 2.45. The molecule has 0 N–H and O–H groups in total. The molecule has 1 fully saturated rings. The summed E-state index contributed by atoms with van der Waals surface area (Å²) in [6, 6.07) is 0. The Morgan fingerprint density at radius 2 is 1.71 bits per heavy atom. The highest BCUT2D eigenvalue weighted by atomic mass is 28.4. The molecule has 0 aromatic carbocycles. The van der Waals surface area contributed by atoms with E-state index in [1.165, 1.54) is 14.0 Å². The Balaban J connectivity index is 3.12. The number of hydrogen-bond acceptors (Lipinski definition) is 4. The summed E-state index contributed by atoms with van der Waals surface area (Å²) in [5.74, 6) is -0.420. The first-order valence-electron chi connectivity index (χ1n) is 5.89. The number of carbonyl (C=O) groups is 2. The van der Waals surface area contributed by atoms with E-state index in [4.69, 9.17) is 9.16 Å². The van der Waals surface area contributed by atoms with Crippen molar-refractivity contribution in [2.24, 2.45) is 5.41 Å². The maximum atomic E-state index is 12.0. The fourth-order valence-electron chi connectivity index (χ4n) is 2.43. The number of hydrogen-bond donors (Lipinski definition) is 0. The summed E-state index contributed by atoms with van der Waals surface area (Å²) in [7, 11) is -0.603. The lowest BCUT2D eigenvalue weighted by Crippen LogP contribution is -2.55. The molecular weight excluding hydrogens is 236 g/mol. The molecule has 0 bridgehead atoms. The summed E-state index contributed by atoms with van der Waals surface area (Å²) in [4.78, 5) is 23.8. The number of ketones is 1. The largest absolute Gasteiger partial charge is 0.467 e. The van der Waals surface area contributed by atoms with Gasteiger partial charge in [-0.1, -0.05) is 0 Å². The first-order valence-corrected chi connectivity index (χ1v) is 9.29. The van der Waals surface area contributed by atoms with Gasteiger partial charge in [-0.3, -0.25) is 4.79 Å². The highest BCUT2D eigenvalue weighted by molar-refractivity contribution is 6.70. The predicted molar refractivity (Wildman–Crippen MR) is 67.2 cm³/mol. The molecule has 1 aliphatic rings. The molecule has 0 aliphatic heterocycles. The van der Waals surface area contributed by atoms with E-state index in [1.54, 1.807) is 6.92 Å². The van der Waals surface area contributed by atoms with Gasteiger partial charge in [-0.15, -0.1) is 0 Å². The lowest BCUT2D eigenvalue weighted by molar-refractivity contribution is -0.168. The second-order valence-corrected chi connectivity index (χ2v) is 10.3. The van der Waals surface area contributed by atoms with Crippen LogP contribution in [0.2, 0.25) is 19.6 Å².